The summed E-state index contributed by atoms with van der Waals surface area (Å²) in [6, 6.07) is 50.2. The summed E-state index contributed by atoms with van der Waals surface area (Å²) >= 11 is 0. The minimum Gasteiger partial charge on any atom is -0.309 e. The SMILES string of the molecule is N#Cc1ccc(-n2c3ccccc3c3cc(C#N)ccc32)c(-c2cccc(-n3c4ccccc4c4ccccc43)c2)c1. The highest BCUT2D eigenvalue weighted by Gasteiger charge is 2.18. The van der Waals surface area contributed by atoms with Crippen LogP contribution in [0.15, 0.2) is 133 Å². The largest absolute Gasteiger partial charge is 0.309 e. The summed E-state index contributed by atoms with van der Waals surface area (Å²) in [5.74, 6) is 0. The number of hydrogen-bond acceptors (Lipinski definition) is 2. The van der Waals surface area contributed by atoms with Crippen LogP contribution in [-0.2, 0) is 0 Å². The van der Waals surface area contributed by atoms with Gasteiger partial charge in [0.25, 0.3) is 0 Å². The van der Waals surface area contributed by atoms with E-state index < -0.39 is 0 Å². The lowest BCUT2D eigenvalue weighted by Gasteiger charge is -2.16. The summed E-state index contributed by atoms with van der Waals surface area (Å²) in [5, 5.41) is 24.0. The molecule has 0 atom stereocenters. The minimum absolute atomic E-state index is 0.601. The summed E-state index contributed by atoms with van der Waals surface area (Å²) in [4.78, 5) is 0. The molecule has 0 aliphatic heterocycles. The third-order valence-electron chi connectivity index (χ3n) is 8.16. The van der Waals surface area contributed by atoms with Crippen LogP contribution in [0, 0.1) is 22.7 Å². The van der Waals surface area contributed by atoms with Gasteiger partial charge in [-0.25, -0.2) is 0 Å². The topological polar surface area (TPSA) is 57.4 Å². The van der Waals surface area contributed by atoms with Crippen molar-refractivity contribution in [2.45, 2.75) is 0 Å². The van der Waals surface area contributed by atoms with Crippen LogP contribution in [-0.4, -0.2) is 9.13 Å². The van der Waals surface area contributed by atoms with Crippen molar-refractivity contribution in [2.75, 3.05) is 0 Å². The van der Waals surface area contributed by atoms with Crippen molar-refractivity contribution in [1.29, 1.82) is 10.5 Å². The zero-order chi connectivity index (χ0) is 28.2. The average molecular weight is 535 g/mol. The molecule has 6 aromatic carbocycles. The normalized spacial score (nSPS) is 11.3. The van der Waals surface area contributed by atoms with Gasteiger partial charge in [0.1, 0.15) is 0 Å². The first-order valence-corrected chi connectivity index (χ1v) is 13.8. The van der Waals surface area contributed by atoms with E-state index in [9.17, 15) is 10.5 Å². The van der Waals surface area contributed by atoms with Gasteiger partial charge < -0.3 is 9.13 Å². The van der Waals surface area contributed by atoms with Gasteiger partial charge in [0.05, 0.1) is 51.0 Å². The van der Waals surface area contributed by atoms with Crippen molar-refractivity contribution in [3.63, 3.8) is 0 Å². The fraction of sp³-hybridized carbons (Fsp3) is 0. The van der Waals surface area contributed by atoms with Crippen molar-refractivity contribution in [2.24, 2.45) is 0 Å². The quantitative estimate of drug-likeness (QED) is 0.227. The first-order chi connectivity index (χ1) is 20.7. The van der Waals surface area contributed by atoms with Crippen molar-refractivity contribution < 1.29 is 0 Å². The third-order valence-corrected chi connectivity index (χ3v) is 8.16. The Balaban J connectivity index is 1.41. The molecule has 4 nitrogen and oxygen atoms in total. The van der Waals surface area contributed by atoms with Crippen LogP contribution in [0.1, 0.15) is 11.1 Å². The Morgan fingerprint density at radius 1 is 0.429 bits per heavy atom. The van der Waals surface area contributed by atoms with Gasteiger partial charge in [-0.2, -0.15) is 10.5 Å². The number of benzene rings is 6. The van der Waals surface area contributed by atoms with E-state index in [4.69, 9.17) is 0 Å². The summed E-state index contributed by atoms with van der Waals surface area (Å²) in [6.07, 6.45) is 0. The molecule has 8 aromatic rings. The highest BCUT2D eigenvalue weighted by atomic mass is 15.0. The molecule has 0 saturated carbocycles. The molecule has 0 aliphatic rings. The van der Waals surface area contributed by atoms with Gasteiger partial charge in [0.15, 0.2) is 0 Å². The van der Waals surface area contributed by atoms with Crippen LogP contribution in [0.5, 0.6) is 0 Å². The Bertz CT molecular complexity index is 2390. The molecule has 0 fully saturated rings. The monoisotopic (exact) mass is 534 g/mol. The molecular formula is C38H22N4. The smallest absolute Gasteiger partial charge is 0.0991 e. The summed E-state index contributed by atoms with van der Waals surface area (Å²) in [5.41, 5.74) is 9.60. The maximum atomic E-state index is 9.88. The average Bonchev–Trinajstić information content (AvgIpc) is 3.57. The second-order valence-corrected chi connectivity index (χ2v) is 10.5. The zero-order valence-electron chi connectivity index (χ0n) is 22.5. The predicted molar refractivity (Wildman–Crippen MR) is 170 cm³/mol. The number of rotatable bonds is 3. The Kier molecular flexibility index (Phi) is 5.22. The van der Waals surface area contributed by atoms with E-state index in [1.54, 1.807) is 0 Å². The summed E-state index contributed by atoms with van der Waals surface area (Å²) < 4.78 is 4.56. The molecule has 42 heavy (non-hydrogen) atoms. The summed E-state index contributed by atoms with van der Waals surface area (Å²) in [7, 11) is 0. The number of aromatic nitrogens is 2. The van der Waals surface area contributed by atoms with Crippen LogP contribution < -0.4 is 0 Å². The van der Waals surface area contributed by atoms with Gasteiger partial charge >= 0.3 is 0 Å². The van der Waals surface area contributed by atoms with E-state index in [2.05, 4.69) is 106 Å². The first kappa shape index (κ1) is 23.8. The van der Waals surface area contributed by atoms with Gasteiger partial charge in [-0.15, -0.1) is 0 Å². The Morgan fingerprint density at radius 2 is 0.976 bits per heavy atom. The van der Waals surface area contributed by atoms with Gasteiger partial charge in [-0.3, -0.25) is 0 Å². The number of para-hydroxylation sites is 3. The molecule has 8 rings (SSSR count). The maximum absolute atomic E-state index is 9.88. The lowest BCUT2D eigenvalue weighted by atomic mass is 10.00. The van der Waals surface area contributed by atoms with Crippen LogP contribution in [0.3, 0.4) is 0 Å². The standard InChI is InChI=1S/C38H22N4/c39-23-25-16-18-37(42-36-15-6-3-12-31(36)33-21-26(24-40)17-19-38(33)42)32(20-25)27-8-7-9-28(22-27)41-34-13-4-1-10-29(34)30-11-2-5-14-35(30)41/h1-22H. The maximum Gasteiger partial charge on any atom is 0.0991 e. The predicted octanol–water partition coefficient (Wildman–Crippen LogP) is 9.29. The molecule has 194 valence electrons. The van der Waals surface area contributed by atoms with Gasteiger partial charge in [0.2, 0.25) is 0 Å². The van der Waals surface area contributed by atoms with Gasteiger partial charge in [-0.05, 0) is 72.3 Å². The van der Waals surface area contributed by atoms with Gasteiger partial charge in [-0.1, -0.05) is 66.7 Å². The zero-order valence-corrected chi connectivity index (χ0v) is 22.5. The molecular weight excluding hydrogens is 512 g/mol. The van der Waals surface area contributed by atoms with E-state index in [-0.39, 0.29) is 0 Å². The van der Waals surface area contributed by atoms with E-state index >= 15 is 0 Å². The second-order valence-electron chi connectivity index (χ2n) is 10.5. The van der Waals surface area contributed by atoms with Crippen molar-refractivity contribution in [1.82, 2.24) is 9.13 Å². The van der Waals surface area contributed by atoms with E-state index in [1.807, 2.05) is 48.5 Å². The Morgan fingerprint density at radius 3 is 1.64 bits per heavy atom. The van der Waals surface area contributed by atoms with E-state index in [0.29, 0.717) is 11.1 Å². The molecule has 4 heteroatoms. The molecule has 0 aliphatic carbocycles. The number of fused-ring (bicyclic) bond motifs is 6. The fourth-order valence-electron chi connectivity index (χ4n) is 6.35. The van der Waals surface area contributed by atoms with Crippen LogP contribution in [0.4, 0.5) is 0 Å². The Hall–Kier alpha value is -6.10. The van der Waals surface area contributed by atoms with Crippen molar-refractivity contribution in [3.8, 4) is 34.6 Å². The fourth-order valence-corrected chi connectivity index (χ4v) is 6.35. The van der Waals surface area contributed by atoms with E-state index in [1.165, 1.54) is 10.8 Å². The summed E-state index contributed by atoms with van der Waals surface area (Å²) in [6.45, 7) is 0. The van der Waals surface area contributed by atoms with Gasteiger partial charge in [0, 0.05) is 32.8 Å². The highest BCUT2D eigenvalue weighted by Crippen LogP contribution is 2.38. The number of hydrogen-bond donors (Lipinski definition) is 0. The number of nitriles is 2. The van der Waals surface area contributed by atoms with Crippen molar-refractivity contribution >= 4 is 43.6 Å². The van der Waals surface area contributed by atoms with Crippen LogP contribution in [0.2, 0.25) is 0 Å². The van der Waals surface area contributed by atoms with Crippen LogP contribution >= 0.6 is 0 Å². The third kappa shape index (κ3) is 3.47. The molecule has 0 amide bonds. The molecule has 2 aromatic heterocycles. The molecule has 0 bridgehead atoms. The Labute approximate surface area is 242 Å². The molecule has 2 heterocycles. The van der Waals surface area contributed by atoms with Crippen molar-refractivity contribution in [3.05, 3.63) is 145 Å². The van der Waals surface area contributed by atoms with Crippen LogP contribution in [0.25, 0.3) is 66.1 Å². The molecule has 0 spiro atoms. The minimum atomic E-state index is 0.601. The molecule has 0 unspecified atom stereocenters. The lowest BCUT2D eigenvalue weighted by molar-refractivity contribution is 1.17. The first-order valence-electron chi connectivity index (χ1n) is 13.8. The highest BCUT2D eigenvalue weighted by molar-refractivity contribution is 6.11. The lowest BCUT2D eigenvalue weighted by Crippen LogP contribution is -1.99. The molecule has 0 N–H and O–H groups in total. The molecule has 0 radical (unpaired) electrons. The second kappa shape index (κ2) is 9.24. The molecule has 0 saturated heterocycles. The van der Waals surface area contributed by atoms with E-state index in [0.717, 1.165) is 55.3 Å². The number of nitrogens with zero attached hydrogens (tertiary/aromatic N) is 4.